The summed E-state index contributed by atoms with van der Waals surface area (Å²) in [7, 11) is 1.58. The minimum Gasteiger partial charge on any atom is -0.486 e. The predicted molar refractivity (Wildman–Crippen MR) is 112 cm³/mol. The van der Waals surface area contributed by atoms with Gasteiger partial charge in [0, 0.05) is 25.7 Å². The zero-order chi connectivity index (χ0) is 20.1. The van der Waals surface area contributed by atoms with Crippen molar-refractivity contribution in [2.45, 2.75) is 6.54 Å². The molecule has 4 rings (SSSR count). The van der Waals surface area contributed by atoms with E-state index in [-0.39, 0.29) is 0 Å². The highest BCUT2D eigenvalue weighted by Gasteiger charge is 2.16. The van der Waals surface area contributed by atoms with Crippen LogP contribution < -0.4 is 29.7 Å². The lowest BCUT2D eigenvalue weighted by atomic mass is 10.2. The minimum absolute atomic E-state index is 0.380. The van der Waals surface area contributed by atoms with Gasteiger partial charge in [-0.3, -0.25) is 0 Å². The first-order chi connectivity index (χ1) is 14.2. The van der Waals surface area contributed by atoms with Crippen molar-refractivity contribution in [1.29, 1.82) is 0 Å². The topological polar surface area (TPSA) is 90.0 Å². The molecule has 2 N–H and O–H groups in total. The van der Waals surface area contributed by atoms with Crippen molar-refractivity contribution >= 4 is 29.1 Å². The molecule has 2 aliphatic rings. The Morgan fingerprint density at radius 3 is 2.69 bits per heavy atom. The lowest BCUT2D eigenvalue weighted by Crippen LogP contribution is -2.37. The molecule has 0 unspecified atom stereocenters. The molecule has 154 valence electrons. The average molecular weight is 417 g/mol. The smallest absolute Gasteiger partial charge is 0.234 e. The number of anilines is 2. The number of hydrogen-bond donors (Lipinski definition) is 2. The zero-order valence-electron chi connectivity index (χ0n) is 16.1. The fourth-order valence-corrected chi connectivity index (χ4v) is 3.22. The summed E-state index contributed by atoms with van der Waals surface area (Å²) in [5.74, 6) is 3.14. The Hall–Kier alpha value is -2.85. The maximum Gasteiger partial charge on any atom is 0.234 e. The third-order valence-electron chi connectivity index (χ3n) is 4.52. The van der Waals surface area contributed by atoms with Crippen LogP contribution in [-0.2, 0) is 11.3 Å². The van der Waals surface area contributed by atoms with Gasteiger partial charge >= 0.3 is 0 Å². The number of ether oxygens (including phenoxy) is 4. The summed E-state index contributed by atoms with van der Waals surface area (Å²) in [5, 5.41) is 6.61. The summed E-state index contributed by atoms with van der Waals surface area (Å²) >= 11 is 5.40. The number of thiocarbonyl (C=S) groups is 1. The summed E-state index contributed by atoms with van der Waals surface area (Å²) in [6.45, 7) is 4.55. The SMILES string of the molecule is COc1cc(N2CCOCC2)nc(NC(=S)NCc2ccc3c(c2)OCCO3)n1. The van der Waals surface area contributed by atoms with Crippen LogP contribution in [0.1, 0.15) is 5.56 Å². The molecule has 0 atom stereocenters. The van der Waals surface area contributed by atoms with Gasteiger partial charge in [-0.1, -0.05) is 6.07 Å². The van der Waals surface area contributed by atoms with Crippen LogP contribution in [0.2, 0.25) is 0 Å². The lowest BCUT2D eigenvalue weighted by Gasteiger charge is -2.28. The van der Waals surface area contributed by atoms with Gasteiger partial charge in [0.05, 0.1) is 20.3 Å². The molecule has 0 amide bonds. The minimum atomic E-state index is 0.380. The van der Waals surface area contributed by atoms with Gasteiger partial charge in [0.25, 0.3) is 0 Å². The molecule has 0 aliphatic carbocycles. The van der Waals surface area contributed by atoms with Crippen molar-refractivity contribution in [1.82, 2.24) is 15.3 Å². The molecule has 10 heteroatoms. The third kappa shape index (κ3) is 4.96. The first-order valence-electron chi connectivity index (χ1n) is 9.40. The van der Waals surface area contributed by atoms with E-state index in [1.165, 1.54) is 0 Å². The second-order valence-electron chi connectivity index (χ2n) is 6.48. The molecular weight excluding hydrogens is 394 g/mol. The average Bonchev–Trinajstić information content (AvgIpc) is 2.78. The molecule has 1 fully saturated rings. The number of methoxy groups -OCH3 is 1. The first kappa shape index (κ1) is 19.5. The molecule has 9 nitrogen and oxygen atoms in total. The van der Waals surface area contributed by atoms with Crippen LogP contribution in [0.15, 0.2) is 24.3 Å². The van der Waals surface area contributed by atoms with E-state index in [4.69, 9.17) is 31.2 Å². The van der Waals surface area contributed by atoms with Gasteiger partial charge in [-0.05, 0) is 29.9 Å². The Morgan fingerprint density at radius 2 is 1.90 bits per heavy atom. The van der Waals surface area contributed by atoms with E-state index in [1.54, 1.807) is 7.11 Å². The number of morpholine rings is 1. The maximum absolute atomic E-state index is 5.61. The number of nitrogens with one attached hydrogen (secondary N) is 2. The largest absolute Gasteiger partial charge is 0.486 e. The standard InChI is InChI=1S/C19H23N5O4S/c1-25-17-11-16(24-4-6-26-7-5-24)21-18(22-17)23-19(29)20-12-13-2-3-14-15(10-13)28-9-8-27-14/h2-3,10-11H,4-9,12H2,1H3,(H2,20,21,22,23,29). The van der Waals surface area contributed by atoms with Crippen molar-refractivity contribution in [3.8, 4) is 17.4 Å². The molecule has 1 aromatic carbocycles. The van der Waals surface area contributed by atoms with E-state index in [9.17, 15) is 0 Å². The van der Waals surface area contributed by atoms with Gasteiger partial charge in [-0.15, -0.1) is 0 Å². The predicted octanol–water partition coefficient (Wildman–Crippen LogP) is 1.58. The summed E-state index contributed by atoms with van der Waals surface area (Å²) in [6, 6.07) is 7.63. The molecular formula is C19H23N5O4S. The van der Waals surface area contributed by atoms with Crippen molar-refractivity contribution in [2.24, 2.45) is 0 Å². The summed E-state index contributed by atoms with van der Waals surface area (Å²) in [4.78, 5) is 11.0. The van der Waals surface area contributed by atoms with E-state index in [0.717, 1.165) is 36.0 Å². The molecule has 0 spiro atoms. The normalized spacial score (nSPS) is 15.6. The van der Waals surface area contributed by atoms with E-state index >= 15 is 0 Å². The quantitative estimate of drug-likeness (QED) is 0.699. The van der Waals surface area contributed by atoms with Gasteiger partial charge in [0.15, 0.2) is 16.6 Å². The summed E-state index contributed by atoms with van der Waals surface area (Å²) < 4.78 is 21.9. The molecule has 1 aromatic heterocycles. The van der Waals surface area contributed by atoms with Crippen molar-refractivity contribution in [3.05, 3.63) is 29.8 Å². The Labute approximate surface area is 174 Å². The first-order valence-corrected chi connectivity index (χ1v) is 9.81. The molecule has 2 aliphatic heterocycles. The van der Waals surface area contributed by atoms with E-state index < -0.39 is 0 Å². The second kappa shape index (κ2) is 9.10. The van der Waals surface area contributed by atoms with Crippen LogP contribution in [0.3, 0.4) is 0 Å². The van der Waals surface area contributed by atoms with Crippen LogP contribution in [-0.4, -0.2) is 61.7 Å². The van der Waals surface area contributed by atoms with Crippen LogP contribution in [0.5, 0.6) is 17.4 Å². The summed E-state index contributed by atoms with van der Waals surface area (Å²) in [5.41, 5.74) is 1.03. The van der Waals surface area contributed by atoms with Gasteiger partial charge in [0.1, 0.15) is 19.0 Å². The molecule has 29 heavy (non-hydrogen) atoms. The van der Waals surface area contributed by atoms with Crippen LogP contribution in [0, 0.1) is 0 Å². The van der Waals surface area contributed by atoms with Gasteiger partial charge in [0.2, 0.25) is 11.8 Å². The highest BCUT2D eigenvalue weighted by atomic mass is 32.1. The second-order valence-corrected chi connectivity index (χ2v) is 6.89. The fraction of sp³-hybridized carbons (Fsp3) is 0.421. The lowest BCUT2D eigenvalue weighted by molar-refractivity contribution is 0.122. The van der Waals surface area contributed by atoms with Crippen LogP contribution in [0.25, 0.3) is 0 Å². The molecule has 0 radical (unpaired) electrons. The Bertz CT molecular complexity index is 876. The number of hydrogen-bond acceptors (Lipinski definition) is 8. The monoisotopic (exact) mass is 417 g/mol. The Morgan fingerprint density at radius 1 is 1.10 bits per heavy atom. The van der Waals surface area contributed by atoms with Crippen molar-refractivity contribution < 1.29 is 18.9 Å². The molecule has 3 heterocycles. The number of fused-ring (bicyclic) bond motifs is 1. The molecule has 1 saturated heterocycles. The Balaban J connectivity index is 1.38. The fourth-order valence-electron chi connectivity index (χ4n) is 3.05. The molecule has 0 bridgehead atoms. The van der Waals surface area contributed by atoms with E-state index in [2.05, 4.69) is 25.5 Å². The van der Waals surface area contributed by atoms with E-state index in [0.29, 0.717) is 49.9 Å². The third-order valence-corrected chi connectivity index (χ3v) is 4.76. The van der Waals surface area contributed by atoms with E-state index in [1.807, 2.05) is 24.3 Å². The number of aromatic nitrogens is 2. The highest BCUT2D eigenvalue weighted by Crippen LogP contribution is 2.30. The zero-order valence-corrected chi connectivity index (χ0v) is 17.0. The van der Waals surface area contributed by atoms with Crippen LogP contribution >= 0.6 is 12.2 Å². The van der Waals surface area contributed by atoms with Gasteiger partial charge in [-0.2, -0.15) is 9.97 Å². The molecule has 0 saturated carbocycles. The molecule has 2 aromatic rings. The Kier molecular flexibility index (Phi) is 6.11. The maximum atomic E-state index is 5.61. The highest BCUT2D eigenvalue weighted by molar-refractivity contribution is 7.80. The van der Waals surface area contributed by atoms with Crippen LogP contribution in [0.4, 0.5) is 11.8 Å². The number of rotatable bonds is 5. The van der Waals surface area contributed by atoms with Crippen molar-refractivity contribution in [2.75, 3.05) is 56.8 Å². The van der Waals surface area contributed by atoms with Gasteiger partial charge in [-0.25, -0.2) is 0 Å². The number of benzene rings is 1. The summed E-state index contributed by atoms with van der Waals surface area (Å²) in [6.07, 6.45) is 0. The van der Waals surface area contributed by atoms with Crippen molar-refractivity contribution in [3.63, 3.8) is 0 Å². The number of nitrogens with zero attached hydrogens (tertiary/aromatic N) is 3. The van der Waals surface area contributed by atoms with Gasteiger partial charge < -0.3 is 34.5 Å².